The third kappa shape index (κ3) is 3.67. The fourth-order valence-electron chi connectivity index (χ4n) is 2.33. The number of rotatable bonds is 5. The summed E-state index contributed by atoms with van der Waals surface area (Å²) in [6, 6.07) is 6.66. The molecular formula is C14H18ClN3O3S. The van der Waals surface area contributed by atoms with Gasteiger partial charge in [0, 0.05) is 24.8 Å². The molecule has 2 rings (SSSR count). The van der Waals surface area contributed by atoms with Crippen LogP contribution in [0.2, 0.25) is 5.02 Å². The Balaban J connectivity index is 2.55. The SMILES string of the molecule is CC(N)c1cc2cccc(Cl)c2c(=O)n1CCNS(C)(=O)=O. The molecule has 0 amide bonds. The molecule has 1 atom stereocenters. The molecule has 0 saturated carbocycles. The summed E-state index contributed by atoms with van der Waals surface area (Å²) in [7, 11) is -3.31. The number of pyridine rings is 1. The molecule has 1 unspecified atom stereocenters. The van der Waals surface area contributed by atoms with Crippen molar-refractivity contribution in [1.29, 1.82) is 0 Å². The Kier molecular flexibility index (Phi) is 4.91. The quantitative estimate of drug-likeness (QED) is 0.853. The van der Waals surface area contributed by atoms with Gasteiger partial charge < -0.3 is 10.3 Å². The van der Waals surface area contributed by atoms with E-state index in [1.54, 1.807) is 25.1 Å². The molecule has 3 N–H and O–H groups in total. The number of benzene rings is 1. The van der Waals surface area contributed by atoms with Gasteiger partial charge in [-0.1, -0.05) is 23.7 Å². The molecule has 0 spiro atoms. The molecule has 1 heterocycles. The number of nitrogens with zero attached hydrogens (tertiary/aromatic N) is 1. The van der Waals surface area contributed by atoms with Crippen LogP contribution in [0.1, 0.15) is 18.7 Å². The maximum Gasteiger partial charge on any atom is 0.260 e. The minimum Gasteiger partial charge on any atom is -0.323 e. The third-order valence-corrected chi connectivity index (χ3v) is 4.33. The molecule has 0 saturated heterocycles. The first-order valence-corrected chi connectivity index (χ1v) is 9.00. The highest BCUT2D eigenvalue weighted by Crippen LogP contribution is 2.22. The first kappa shape index (κ1) is 17.0. The Labute approximate surface area is 133 Å². The Morgan fingerprint density at radius 3 is 2.68 bits per heavy atom. The first-order valence-electron chi connectivity index (χ1n) is 6.73. The van der Waals surface area contributed by atoms with Crippen LogP contribution in [-0.2, 0) is 16.6 Å². The number of sulfonamides is 1. The standard InChI is InChI=1S/C14H18ClN3O3S/c1-9(16)12-8-10-4-3-5-11(15)13(10)14(19)18(12)7-6-17-22(2,20)21/h3-5,8-9,17H,6-7,16H2,1-2H3. The van der Waals surface area contributed by atoms with E-state index in [0.717, 1.165) is 11.6 Å². The van der Waals surface area contributed by atoms with E-state index < -0.39 is 10.0 Å². The summed E-state index contributed by atoms with van der Waals surface area (Å²) in [6.45, 7) is 2.06. The van der Waals surface area contributed by atoms with Gasteiger partial charge >= 0.3 is 0 Å². The highest BCUT2D eigenvalue weighted by atomic mass is 35.5. The van der Waals surface area contributed by atoms with Gasteiger partial charge in [-0.3, -0.25) is 4.79 Å². The van der Waals surface area contributed by atoms with E-state index in [1.807, 2.05) is 6.07 Å². The molecule has 22 heavy (non-hydrogen) atoms. The zero-order chi connectivity index (χ0) is 16.5. The van der Waals surface area contributed by atoms with Gasteiger partial charge in [0.05, 0.1) is 16.7 Å². The van der Waals surface area contributed by atoms with Crippen molar-refractivity contribution in [2.24, 2.45) is 5.73 Å². The minimum absolute atomic E-state index is 0.106. The summed E-state index contributed by atoms with van der Waals surface area (Å²) in [5.74, 6) is 0. The highest BCUT2D eigenvalue weighted by Gasteiger charge is 2.14. The molecule has 0 aliphatic heterocycles. The highest BCUT2D eigenvalue weighted by molar-refractivity contribution is 7.88. The van der Waals surface area contributed by atoms with Crippen LogP contribution in [0.15, 0.2) is 29.1 Å². The first-order chi connectivity index (χ1) is 10.2. The molecule has 0 aliphatic carbocycles. The van der Waals surface area contributed by atoms with Crippen molar-refractivity contribution >= 4 is 32.4 Å². The van der Waals surface area contributed by atoms with Gasteiger partial charge in [0.15, 0.2) is 0 Å². The van der Waals surface area contributed by atoms with Crippen molar-refractivity contribution in [3.05, 3.63) is 45.3 Å². The van der Waals surface area contributed by atoms with Gasteiger partial charge in [-0.15, -0.1) is 0 Å². The Bertz CT molecular complexity index is 859. The molecule has 0 fully saturated rings. The van der Waals surface area contributed by atoms with Crippen molar-refractivity contribution in [2.75, 3.05) is 12.8 Å². The van der Waals surface area contributed by atoms with Gasteiger partial charge in [0.1, 0.15) is 0 Å². The summed E-state index contributed by atoms with van der Waals surface area (Å²) in [5.41, 5.74) is 6.30. The normalized spacial score (nSPS) is 13.5. The van der Waals surface area contributed by atoms with Crippen LogP contribution in [0.25, 0.3) is 10.8 Å². The zero-order valence-corrected chi connectivity index (χ0v) is 13.9. The number of hydrogen-bond donors (Lipinski definition) is 2. The fourth-order valence-corrected chi connectivity index (χ4v) is 3.05. The van der Waals surface area contributed by atoms with E-state index in [2.05, 4.69) is 4.72 Å². The Morgan fingerprint density at radius 2 is 2.09 bits per heavy atom. The molecule has 2 aromatic rings. The van der Waals surface area contributed by atoms with E-state index in [4.69, 9.17) is 17.3 Å². The lowest BCUT2D eigenvalue weighted by atomic mass is 10.1. The fraction of sp³-hybridized carbons (Fsp3) is 0.357. The number of nitrogens with two attached hydrogens (primary N) is 1. The average Bonchev–Trinajstić information content (AvgIpc) is 2.39. The van der Waals surface area contributed by atoms with Crippen molar-refractivity contribution in [1.82, 2.24) is 9.29 Å². The Morgan fingerprint density at radius 1 is 1.41 bits per heavy atom. The van der Waals surface area contributed by atoms with Crippen LogP contribution in [0.4, 0.5) is 0 Å². The average molecular weight is 344 g/mol. The van der Waals surface area contributed by atoms with Gasteiger partial charge in [0.2, 0.25) is 10.0 Å². The molecule has 6 nitrogen and oxygen atoms in total. The van der Waals surface area contributed by atoms with Crippen LogP contribution in [0, 0.1) is 0 Å². The van der Waals surface area contributed by atoms with Crippen LogP contribution >= 0.6 is 11.6 Å². The lowest BCUT2D eigenvalue weighted by Crippen LogP contribution is -2.33. The number of aromatic nitrogens is 1. The largest absolute Gasteiger partial charge is 0.323 e. The Hall–Kier alpha value is -1.41. The van der Waals surface area contributed by atoms with Crippen molar-refractivity contribution in [3.8, 4) is 0 Å². The van der Waals surface area contributed by atoms with E-state index in [-0.39, 0.29) is 24.7 Å². The lowest BCUT2D eigenvalue weighted by molar-refractivity contribution is 0.564. The number of hydrogen-bond acceptors (Lipinski definition) is 4. The van der Waals surface area contributed by atoms with Crippen LogP contribution in [0.5, 0.6) is 0 Å². The minimum atomic E-state index is -3.31. The van der Waals surface area contributed by atoms with E-state index in [1.165, 1.54) is 4.57 Å². The van der Waals surface area contributed by atoms with Crippen molar-refractivity contribution < 1.29 is 8.42 Å². The monoisotopic (exact) mass is 343 g/mol. The van der Waals surface area contributed by atoms with Gasteiger partial charge in [0.25, 0.3) is 5.56 Å². The maximum atomic E-state index is 12.7. The number of halogens is 1. The number of nitrogens with one attached hydrogen (secondary N) is 1. The topological polar surface area (TPSA) is 94.2 Å². The van der Waals surface area contributed by atoms with Crippen LogP contribution in [-0.4, -0.2) is 25.8 Å². The van der Waals surface area contributed by atoms with Gasteiger partial charge in [-0.25, -0.2) is 13.1 Å². The molecule has 8 heteroatoms. The molecule has 1 aromatic heterocycles. The smallest absolute Gasteiger partial charge is 0.260 e. The predicted octanol–water partition coefficient (Wildman–Crippen LogP) is 1.22. The van der Waals surface area contributed by atoms with Crippen LogP contribution in [0.3, 0.4) is 0 Å². The third-order valence-electron chi connectivity index (χ3n) is 3.29. The summed E-state index contributed by atoms with van der Waals surface area (Å²) in [5, 5.41) is 1.49. The van der Waals surface area contributed by atoms with Crippen molar-refractivity contribution in [3.63, 3.8) is 0 Å². The summed E-state index contributed by atoms with van der Waals surface area (Å²) >= 11 is 6.12. The summed E-state index contributed by atoms with van der Waals surface area (Å²) < 4.78 is 26.1. The summed E-state index contributed by atoms with van der Waals surface area (Å²) in [6.07, 6.45) is 1.07. The van der Waals surface area contributed by atoms with Gasteiger partial charge in [-0.2, -0.15) is 0 Å². The van der Waals surface area contributed by atoms with Crippen molar-refractivity contribution in [2.45, 2.75) is 19.5 Å². The molecule has 0 bridgehead atoms. The molecule has 120 valence electrons. The second-order valence-corrected chi connectivity index (χ2v) is 7.43. The lowest BCUT2D eigenvalue weighted by Gasteiger charge is -2.17. The molecule has 0 radical (unpaired) electrons. The van der Waals surface area contributed by atoms with E-state index in [9.17, 15) is 13.2 Å². The van der Waals surface area contributed by atoms with Gasteiger partial charge in [-0.05, 0) is 24.4 Å². The number of fused-ring (bicyclic) bond motifs is 1. The second kappa shape index (κ2) is 6.37. The predicted molar refractivity (Wildman–Crippen MR) is 88.7 cm³/mol. The summed E-state index contributed by atoms with van der Waals surface area (Å²) in [4.78, 5) is 12.7. The zero-order valence-electron chi connectivity index (χ0n) is 12.3. The van der Waals surface area contributed by atoms with E-state index >= 15 is 0 Å². The maximum absolute atomic E-state index is 12.7. The second-order valence-electron chi connectivity index (χ2n) is 5.19. The van der Waals surface area contributed by atoms with E-state index in [0.29, 0.717) is 16.1 Å². The van der Waals surface area contributed by atoms with Crippen LogP contribution < -0.4 is 16.0 Å². The molecule has 0 aliphatic rings. The molecular weight excluding hydrogens is 326 g/mol. The molecule has 1 aromatic carbocycles.